The first kappa shape index (κ1) is 77.0. The van der Waals surface area contributed by atoms with Crippen LogP contribution in [-0.2, 0) is 28.6 Å². The van der Waals surface area contributed by atoms with E-state index < -0.39 is 6.10 Å². The number of carbonyl (C=O) groups is 3. The second-order valence-electron chi connectivity index (χ2n) is 21.6. The highest BCUT2D eigenvalue weighted by molar-refractivity contribution is 5.71. The Morgan fingerprint density at radius 3 is 0.768 bits per heavy atom. The van der Waals surface area contributed by atoms with Crippen LogP contribution in [0.25, 0.3) is 0 Å². The molecular formula is C76H122O6. The van der Waals surface area contributed by atoms with Crippen LogP contribution in [0.5, 0.6) is 0 Å². The molecule has 0 aromatic heterocycles. The predicted octanol–water partition coefficient (Wildman–Crippen LogP) is 23.3. The average Bonchev–Trinajstić information content (AvgIpc) is 3.47. The SMILES string of the molecule is CC/C=C\C/C=C\C/C=C\C/C=C\C/C=C\C/C=C\C/C=C\C/C=C\C/C=C\CCCCCC(=O)OCC(COC(=O)CCCC/C=C\C/C=C\C/C=C\C/C=C\CC)OC(=O)CCCCCCCCCCCCCCCCCCCC. The number of hydrogen-bond acceptors (Lipinski definition) is 6. The molecule has 1 unspecified atom stereocenters. The zero-order chi connectivity index (χ0) is 59.2. The van der Waals surface area contributed by atoms with Crippen molar-refractivity contribution in [1.29, 1.82) is 0 Å². The van der Waals surface area contributed by atoms with Crippen LogP contribution in [0.4, 0.5) is 0 Å². The van der Waals surface area contributed by atoms with Crippen molar-refractivity contribution in [2.45, 2.75) is 290 Å². The summed E-state index contributed by atoms with van der Waals surface area (Å²) in [6.45, 7) is 6.36. The Balaban J connectivity index is 4.44. The Morgan fingerprint density at radius 1 is 0.256 bits per heavy atom. The highest BCUT2D eigenvalue weighted by Gasteiger charge is 2.19. The third-order valence-corrected chi connectivity index (χ3v) is 13.8. The largest absolute Gasteiger partial charge is 0.462 e. The van der Waals surface area contributed by atoms with Gasteiger partial charge in [-0.15, -0.1) is 0 Å². The first-order chi connectivity index (χ1) is 40.5. The van der Waals surface area contributed by atoms with Gasteiger partial charge in [0, 0.05) is 19.3 Å². The molecule has 0 N–H and O–H groups in total. The quantitative estimate of drug-likeness (QED) is 0.0261. The molecule has 0 amide bonds. The average molecular weight is 1130 g/mol. The van der Waals surface area contributed by atoms with Crippen LogP contribution in [0.1, 0.15) is 284 Å². The number of ether oxygens (including phenoxy) is 3. The summed E-state index contributed by atoms with van der Waals surface area (Å²) >= 11 is 0. The zero-order valence-electron chi connectivity index (χ0n) is 52.9. The summed E-state index contributed by atoms with van der Waals surface area (Å²) in [5.74, 6) is -0.981. The van der Waals surface area contributed by atoms with Crippen LogP contribution in [0.2, 0.25) is 0 Å². The van der Waals surface area contributed by atoms with E-state index in [4.69, 9.17) is 14.2 Å². The van der Waals surface area contributed by atoms with Crippen LogP contribution in [-0.4, -0.2) is 37.2 Å². The number of carbonyl (C=O) groups excluding carboxylic acids is 3. The molecule has 0 spiro atoms. The second kappa shape index (κ2) is 68.5. The molecule has 6 nitrogen and oxygen atoms in total. The van der Waals surface area contributed by atoms with Crippen LogP contribution < -0.4 is 0 Å². The lowest BCUT2D eigenvalue weighted by Crippen LogP contribution is -2.30. The standard InChI is InChI=1S/C76H122O6/c1-4-7-10-13-16-19-22-25-28-30-32-33-34-35-36-37-38-39-40-41-42-43-44-46-48-51-54-57-60-63-66-69-75(78)81-72-73(71-80-74(77)68-65-62-59-56-53-50-47-27-24-21-18-15-12-9-6-3)82-76(79)70-67-64-61-58-55-52-49-45-31-29-26-23-20-17-14-11-8-5-2/h7,9-10,12,16,18-19,21,25,27-28,32-33,35-36,38-39,41-42,44,46-47,51,53-54,56,73H,4-6,8,11,13-15,17,20,22-24,26,29-31,34,37,40,43,45,48-50,52,55,57-72H2,1-3H3/b10-7-,12-9-,19-16-,21-18-,28-25-,33-32-,36-35-,39-38-,42-41-,46-44-,47-27-,54-51-,56-53-. The molecule has 0 fully saturated rings. The molecule has 82 heavy (non-hydrogen) atoms. The zero-order valence-corrected chi connectivity index (χ0v) is 52.9. The summed E-state index contributed by atoms with van der Waals surface area (Å²) in [5.41, 5.74) is 0. The lowest BCUT2D eigenvalue weighted by molar-refractivity contribution is -0.167. The highest BCUT2D eigenvalue weighted by Crippen LogP contribution is 2.16. The van der Waals surface area contributed by atoms with E-state index in [0.717, 1.165) is 141 Å². The third kappa shape index (κ3) is 65.8. The maximum absolute atomic E-state index is 12.9. The van der Waals surface area contributed by atoms with Crippen molar-refractivity contribution in [2.75, 3.05) is 13.2 Å². The molecule has 0 radical (unpaired) electrons. The highest BCUT2D eigenvalue weighted by atomic mass is 16.6. The number of hydrogen-bond donors (Lipinski definition) is 0. The smallest absolute Gasteiger partial charge is 0.306 e. The van der Waals surface area contributed by atoms with Gasteiger partial charge in [-0.1, -0.05) is 294 Å². The summed E-state index contributed by atoms with van der Waals surface area (Å²) in [7, 11) is 0. The van der Waals surface area contributed by atoms with E-state index in [1.54, 1.807) is 0 Å². The van der Waals surface area contributed by atoms with E-state index in [1.807, 2.05) is 0 Å². The second-order valence-corrected chi connectivity index (χ2v) is 21.6. The molecule has 0 heterocycles. The van der Waals surface area contributed by atoms with Crippen LogP contribution >= 0.6 is 0 Å². The molecule has 0 saturated carbocycles. The van der Waals surface area contributed by atoms with Crippen molar-refractivity contribution in [2.24, 2.45) is 0 Å². The van der Waals surface area contributed by atoms with E-state index in [0.29, 0.717) is 25.7 Å². The molecule has 0 rings (SSSR count). The summed E-state index contributed by atoms with van der Waals surface area (Å²) < 4.78 is 16.9. The van der Waals surface area contributed by atoms with E-state index in [1.165, 1.54) is 96.3 Å². The summed E-state index contributed by atoms with van der Waals surface area (Å²) in [4.78, 5) is 38.3. The minimum Gasteiger partial charge on any atom is -0.462 e. The molecule has 0 aromatic rings. The Morgan fingerprint density at radius 2 is 0.476 bits per heavy atom. The van der Waals surface area contributed by atoms with Crippen molar-refractivity contribution < 1.29 is 28.6 Å². The lowest BCUT2D eigenvalue weighted by atomic mass is 10.0. The fourth-order valence-corrected chi connectivity index (χ4v) is 8.84. The van der Waals surface area contributed by atoms with Crippen LogP contribution in [0.15, 0.2) is 158 Å². The van der Waals surface area contributed by atoms with Gasteiger partial charge in [-0.3, -0.25) is 14.4 Å². The van der Waals surface area contributed by atoms with Crippen molar-refractivity contribution in [1.82, 2.24) is 0 Å². The van der Waals surface area contributed by atoms with E-state index in [9.17, 15) is 14.4 Å². The van der Waals surface area contributed by atoms with Crippen LogP contribution in [0.3, 0.4) is 0 Å². The minimum absolute atomic E-state index is 0.113. The molecule has 0 aliphatic rings. The molecule has 0 bridgehead atoms. The van der Waals surface area contributed by atoms with E-state index >= 15 is 0 Å². The van der Waals surface area contributed by atoms with Gasteiger partial charge in [-0.25, -0.2) is 0 Å². The lowest BCUT2D eigenvalue weighted by Gasteiger charge is -2.18. The first-order valence-corrected chi connectivity index (χ1v) is 33.5. The Kier molecular flexibility index (Phi) is 64.4. The maximum Gasteiger partial charge on any atom is 0.306 e. The fourth-order valence-electron chi connectivity index (χ4n) is 8.84. The van der Waals surface area contributed by atoms with Gasteiger partial charge in [0.05, 0.1) is 0 Å². The summed E-state index contributed by atoms with van der Waals surface area (Å²) in [6, 6.07) is 0. The Labute approximate surface area is 505 Å². The molecule has 0 aliphatic carbocycles. The van der Waals surface area contributed by atoms with Gasteiger partial charge in [-0.2, -0.15) is 0 Å². The van der Waals surface area contributed by atoms with Gasteiger partial charge in [0.15, 0.2) is 6.10 Å². The van der Waals surface area contributed by atoms with E-state index in [-0.39, 0.29) is 31.1 Å². The number of allylic oxidation sites excluding steroid dienone is 26. The summed E-state index contributed by atoms with van der Waals surface area (Å²) in [6.07, 6.45) is 99.7. The summed E-state index contributed by atoms with van der Waals surface area (Å²) in [5, 5.41) is 0. The first-order valence-electron chi connectivity index (χ1n) is 33.5. The van der Waals surface area contributed by atoms with E-state index in [2.05, 4.69) is 179 Å². The third-order valence-electron chi connectivity index (χ3n) is 13.8. The van der Waals surface area contributed by atoms with Gasteiger partial charge in [0.2, 0.25) is 0 Å². The van der Waals surface area contributed by atoms with Gasteiger partial charge >= 0.3 is 17.9 Å². The van der Waals surface area contributed by atoms with Gasteiger partial charge in [0.1, 0.15) is 13.2 Å². The number of esters is 3. The fraction of sp³-hybridized carbons (Fsp3) is 0.618. The predicted molar refractivity (Wildman–Crippen MR) is 357 cm³/mol. The van der Waals surface area contributed by atoms with Crippen molar-refractivity contribution >= 4 is 17.9 Å². The monoisotopic (exact) mass is 1130 g/mol. The van der Waals surface area contributed by atoms with Crippen molar-refractivity contribution in [3.8, 4) is 0 Å². The van der Waals surface area contributed by atoms with Crippen LogP contribution in [0, 0.1) is 0 Å². The maximum atomic E-state index is 12.9. The molecule has 462 valence electrons. The molecule has 0 saturated heterocycles. The van der Waals surface area contributed by atoms with Gasteiger partial charge in [-0.05, 0) is 128 Å². The molecule has 0 aromatic carbocycles. The topological polar surface area (TPSA) is 78.9 Å². The minimum atomic E-state index is -0.816. The Hall–Kier alpha value is -4.97. The molecule has 1 atom stereocenters. The molecule has 6 heteroatoms. The van der Waals surface area contributed by atoms with Gasteiger partial charge in [0.25, 0.3) is 0 Å². The van der Waals surface area contributed by atoms with Gasteiger partial charge < -0.3 is 14.2 Å². The van der Waals surface area contributed by atoms with Crippen molar-refractivity contribution in [3.63, 3.8) is 0 Å². The Bertz CT molecular complexity index is 1830. The van der Waals surface area contributed by atoms with Crippen molar-refractivity contribution in [3.05, 3.63) is 158 Å². The number of rotatable bonds is 59. The molecular weight excluding hydrogens is 1010 g/mol. The molecule has 0 aliphatic heterocycles. The number of unbranched alkanes of at least 4 members (excludes halogenated alkanes) is 22. The normalized spacial score (nSPS) is 13.2.